The van der Waals surface area contributed by atoms with Crippen LogP contribution < -0.4 is 4.72 Å². The van der Waals surface area contributed by atoms with Crippen LogP contribution in [-0.4, -0.2) is 69.5 Å². The van der Waals surface area contributed by atoms with Gasteiger partial charge in [0.25, 0.3) is 0 Å². The molecule has 2 aromatic heterocycles. The maximum Gasteiger partial charge on any atom is 0.410 e. The maximum absolute atomic E-state index is 13.5. The number of hydrogen-bond donors (Lipinski definition) is 2. The minimum Gasteiger partial charge on any atom is -0.444 e. The van der Waals surface area contributed by atoms with Crippen LogP contribution in [0.1, 0.15) is 61.7 Å². The summed E-state index contributed by atoms with van der Waals surface area (Å²) in [5, 5.41) is 13.1. The largest absolute Gasteiger partial charge is 0.444 e. The number of amides is 1. The SMILES string of the molecule is Cc1cc(C)cc(-c2[nH]c3ccc(-n4nnnc4C)cc3c2CCN(CCCCc2ccccc2NS(C)(=O)=O)C(=O)OC(C)(C)C)c1. The minimum absolute atomic E-state index is 0.362. The van der Waals surface area contributed by atoms with E-state index in [-0.39, 0.29) is 6.09 Å². The Kier molecular flexibility index (Phi) is 10.2. The predicted molar refractivity (Wildman–Crippen MR) is 190 cm³/mol. The van der Waals surface area contributed by atoms with Crippen molar-refractivity contribution >= 4 is 32.7 Å². The fourth-order valence-corrected chi connectivity index (χ4v) is 6.58. The first kappa shape index (κ1) is 34.6. The smallest absolute Gasteiger partial charge is 0.410 e. The highest BCUT2D eigenvalue weighted by molar-refractivity contribution is 7.92. The second kappa shape index (κ2) is 14.2. The van der Waals surface area contributed by atoms with E-state index in [2.05, 4.69) is 63.3 Å². The van der Waals surface area contributed by atoms with Gasteiger partial charge in [-0.25, -0.2) is 13.2 Å². The lowest BCUT2D eigenvalue weighted by atomic mass is 9.99. The second-order valence-corrected chi connectivity index (χ2v) is 15.2. The van der Waals surface area contributed by atoms with E-state index in [0.717, 1.165) is 51.7 Å². The fourth-order valence-electron chi connectivity index (χ4n) is 5.99. The molecule has 0 radical (unpaired) electrons. The number of aromatic amines is 1. The highest BCUT2D eigenvalue weighted by Crippen LogP contribution is 2.33. The molecular formula is C36H45N7O4S. The molecule has 0 aliphatic heterocycles. The minimum atomic E-state index is -3.40. The number of aryl methyl sites for hydroxylation is 4. The van der Waals surface area contributed by atoms with Crippen LogP contribution in [0.4, 0.5) is 10.5 Å². The summed E-state index contributed by atoms with van der Waals surface area (Å²) >= 11 is 0. The van der Waals surface area contributed by atoms with Crippen molar-refractivity contribution in [3.05, 3.63) is 88.7 Å². The Morgan fingerprint density at radius 1 is 0.958 bits per heavy atom. The predicted octanol–water partition coefficient (Wildman–Crippen LogP) is 6.91. The Balaban J connectivity index is 1.42. The standard InChI is InChI=1S/C36H45N7O4S/c1-24-20-25(2)22-28(21-24)34-30(31-23-29(15-16-33(31)37-34)43-26(3)38-40-41-43)17-19-42(35(44)47-36(4,5)6)18-11-10-13-27-12-8-9-14-32(27)39-48(7,45)46/h8-9,12,14-16,20-23,37,39H,10-11,13,17-19H2,1-7H3. The van der Waals surface area contributed by atoms with Crippen molar-refractivity contribution in [3.63, 3.8) is 0 Å². The molecule has 2 heterocycles. The summed E-state index contributed by atoms with van der Waals surface area (Å²) in [5.74, 6) is 0.687. The van der Waals surface area contributed by atoms with Gasteiger partial charge in [-0.3, -0.25) is 4.72 Å². The highest BCUT2D eigenvalue weighted by atomic mass is 32.2. The zero-order valence-corrected chi connectivity index (χ0v) is 29.6. The third-order valence-corrected chi connectivity index (χ3v) is 8.58. The van der Waals surface area contributed by atoms with Gasteiger partial charge < -0.3 is 14.6 Å². The summed E-state index contributed by atoms with van der Waals surface area (Å²) in [4.78, 5) is 19.0. The molecule has 5 aromatic rings. The Morgan fingerprint density at radius 3 is 2.35 bits per heavy atom. The number of carbonyl (C=O) groups excluding carboxylic acids is 1. The van der Waals surface area contributed by atoms with Gasteiger partial charge in [-0.1, -0.05) is 35.4 Å². The van der Waals surface area contributed by atoms with E-state index < -0.39 is 15.6 Å². The number of H-pyrrole nitrogens is 1. The van der Waals surface area contributed by atoms with Crippen molar-refractivity contribution < 1.29 is 17.9 Å². The number of carbonyl (C=O) groups is 1. The van der Waals surface area contributed by atoms with Gasteiger partial charge in [0.15, 0.2) is 5.82 Å². The number of benzene rings is 3. The summed E-state index contributed by atoms with van der Waals surface area (Å²) in [6.45, 7) is 12.6. The lowest BCUT2D eigenvalue weighted by Crippen LogP contribution is -2.38. The number of unbranched alkanes of at least 4 members (excludes halogenated alkanes) is 1. The average Bonchev–Trinajstić information content (AvgIpc) is 3.58. The zero-order valence-electron chi connectivity index (χ0n) is 28.8. The number of fused-ring (bicyclic) bond motifs is 1. The zero-order chi connectivity index (χ0) is 34.6. The third-order valence-electron chi connectivity index (χ3n) is 7.99. The van der Waals surface area contributed by atoms with E-state index in [9.17, 15) is 13.2 Å². The molecule has 0 spiro atoms. The van der Waals surface area contributed by atoms with Gasteiger partial charge in [0.2, 0.25) is 10.0 Å². The van der Waals surface area contributed by atoms with Crippen LogP contribution in [0.15, 0.2) is 60.7 Å². The molecule has 0 unspecified atom stereocenters. The Labute approximate surface area is 282 Å². The molecule has 254 valence electrons. The second-order valence-electron chi connectivity index (χ2n) is 13.4. The van der Waals surface area contributed by atoms with Crippen LogP contribution in [0.25, 0.3) is 27.8 Å². The van der Waals surface area contributed by atoms with Gasteiger partial charge in [-0.2, -0.15) is 4.68 Å². The van der Waals surface area contributed by atoms with Crippen molar-refractivity contribution in [2.75, 3.05) is 24.1 Å². The molecule has 12 heteroatoms. The number of rotatable bonds is 12. The number of para-hydroxylation sites is 1. The van der Waals surface area contributed by atoms with Crippen LogP contribution in [0.5, 0.6) is 0 Å². The normalized spacial score (nSPS) is 12.0. The maximum atomic E-state index is 13.5. The third kappa shape index (κ3) is 8.80. The summed E-state index contributed by atoms with van der Waals surface area (Å²) in [5.41, 5.74) is 8.23. The first-order valence-corrected chi connectivity index (χ1v) is 18.1. The van der Waals surface area contributed by atoms with E-state index in [0.29, 0.717) is 43.9 Å². The van der Waals surface area contributed by atoms with Gasteiger partial charge in [-0.15, -0.1) is 5.10 Å². The molecule has 0 aliphatic carbocycles. The molecule has 2 N–H and O–H groups in total. The molecule has 0 saturated heterocycles. The van der Waals surface area contributed by atoms with Crippen molar-refractivity contribution in [1.29, 1.82) is 0 Å². The molecule has 11 nitrogen and oxygen atoms in total. The number of nitrogens with one attached hydrogen (secondary N) is 2. The van der Waals surface area contributed by atoms with E-state index in [1.165, 1.54) is 11.1 Å². The van der Waals surface area contributed by atoms with Gasteiger partial charge in [0, 0.05) is 29.7 Å². The quantitative estimate of drug-likeness (QED) is 0.138. The molecule has 0 saturated carbocycles. The van der Waals surface area contributed by atoms with Crippen LogP contribution in [0.3, 0.4) is 0 Å². The monoisotopic (exact) mass is 671 g/mol. The van der Waals surface area contributed by atoms with E-state index in [4.69, 9.17) is 4.74 Å². The molecular weight excluding hydrogens is 627 g/mol. The van der Waals surface area contributed by atoms with Crippen molar-refractivity contribution in [2.24, 2.45) is 0 Å². The summed E-state index contributed by atoms with van der Waals surface area (Å²) in [6.07, 6.45) is 3.51. The fraction of sp³-hybridized carbons (Fsp3) is 0.389. The Morgan fingerprint density at radius 2 is 1.69 bits per heavy atom. The number of ether oxygens (including phenoxy) is 1. The van der Waals surface area contributed by atoms with Gasteiger partial charge in [0.1, 0.15) is 5.60 Å². The Hall–Kier alpha value is -4.71. The number of tetrazole rings is 1. The van der Waals surface area contributed by atoms with Gasteiger partial charge in [0.05, 0.1) is 17.6 Å². The van der Waals surface area contributed by atoms with Gasteiger partial charge >= 0.3 is 6.09 Å². The first-order chi connectivity index (χ1) is 22.7. The Bertz CT molecular complexity index is 2010. The molecule has 48 heavy (non-hydrogen) atoms. The number of sulfonamides is 1. The molecule has 3 aromatic carbocycles. The molecule has 0 fully saturated rings. The number of nitrogens with zero attached hydrogens (tertiary/aromatic N) is 5. The van der Waals surface area contributed by atoms with Crippen molar-refractivity contribution in [1.82, 2.24) is 30.1 Å². The summed E-state index contributed by atoms with van der Waals surface area (Å²) < 4.78 is 33.9. The molecule has 0 atom stereocenters. The van der Waals surface area contributed by atoms with Crippen LogP contribution in [-0.2, 0) is 27.6 Å². The van der Waals surface area contributed by atoms with E-state index in [1.807, 2.05) is 58.0 Å². The summed E-state index contributed by atoms with van der Waals surface area (Å²) in [6, 6.07) is 20.0. The highest BCUT2D eigenvalue weighted by Gasteiger charge is 2.24. The van der Waals surface area contributed by atoms with Crippen LogP contribution in [0.2, 0.25) is 0 Å². The van der Waals surface area contributed by atoms with E-state index in [1.54, 1.807) is 15.6 Å². The molecule has 5 rings (SSSR count). The first-order valence-electron chi connectivity index (χ1n) is 16.2. The number of anilines is 1. The van der Waals surface area contributed by atoms with E-state index >= 15 is 0 Å². The van der Waals surface area contributed by atoms with Crippen molar-refractivity contribution in [2.45, 2.75) is 72.8 Å². The summed E-state index contributed by atoms with van der Waals surface area (Å²) in [7, 11) is -3.40. The van der Waals surface area contributed by atoms with Crippen molar-refractivity contribution in [3.8, 4) is 16.9 Å². The molecule has 0 bridgehead atoms. The van der Waals surface area contributed by atoms with Crippen LogP contribution in [0, 0.1) is 20.8 Å². The van der Waals surface area contributed by atoms with Crippen LogP contribution >= 0.6 is 0 Å². The lowest BCUT2D eigenvalue weighted by Gasteiger charge is -2.27. The number of aromatic nitrogens is 5. The topological polar surface area (TPSA) is 135 Å². The van der Waals surface area contributed by atoms with Gasteiger partial charge in [-0.05, 0) is 131 Å². The molecule has 1 amide bonds. The lowest BCUT2D eigenvalue weighted by molar-refractivity contribution is 0.0249. The number of hydrogen-bond acceptors (Lipinski definition) is 7. The average molecular weight is 672 g/mol. The molecule has 0 aliphatic rings.